The fourth-order valence-electron chi connectivity index (χ4n) is 3.19. The van der Waals surface area contributed by atoms with Gasteiger partial charge in [-0.3, -0.25) is 9.69 Å². The Labute approximate surface area is 156 Å². The van der Waals surface area contributed by atoms with E-state index in [0.717, 1.165) is 44.1 Å². The molecule has 1 saturated heterocycles. The van der Waals surface area contributed by atoms with Crippen molar-refractivity contribution in [3.8, 4) is 0 Å². The number of carbonyl (C=O) groups excluding carboxylic acids is 1. The Hall–Kier alpha value is -2.53. The van der Waals surface area contributed by atoms with Gasteiger partial charge >= 0.3 is 0 Å². The van der Waals surface area contributed by atoms with Crippen molar-refractivity contribution in [1.82, 2.24) is 4.90 Å². The second-order valence-corrected chi connectivity index (χ2v) is 6.90. The molecule has 1 aliphatic rings. The first-order valence-electron chi connectivity index (χ1n) is 9.21. The molecule has 0 bridgehead atoms. The first-order chi connectivity index (χ1) is 12.6. The minimum absolute atomic E-state index is 0.0769. The SMILES string of the molecule is CN(C)c1ccc(NC(=O)CCN2CCN(c3ccccc3)CC2)cc1. The summed E-state index contributed by atoms with van der Waals surface area (Å²) in [7, 11) is 4.01. The number of nitrogens with zero attached hydrogens (tertiary/aromatic N) is 3. The van der Waals surface area contributed by atoms with Crippen LogP contribution >= 0.6 is 0 Å². The number of amides is 1. The summed E-state index contributed by atoms with van der Waals surface area (Å²) in [5.41, 5.74) is 3.26. The number of anilines is 3. The Bertz CT molecular complexity index is 692. The summed E-state index contributed by atoms with van der Waals surface area (Å²) in [4.78, 5) is 19.0. The van der Waals surface area contributed by atoms with Crippen LogP contribution in [0.2, 0.25) is 0 Å². The van der Waals surface area contributed by atoms with Crippen LogP contribution in [0, 0.1) is 0 Å². The molecule has 5 nitrogen and oxygen atoms in total. The van der Waals surface area contributed by atoms with Gasteiger partial charge in [0.25, 0.3) is 0 Å². The number of para-hydroxylation sites is 1. The number of piperazine rings is 1. The van der Waals surface area contributed by atoms with Crippen LogP contribution < -0.4 is 15.1 Å². The largest absolute Gasteiger partial charge is 0.378 e. The van der Waals surface area contributed by atoms with Crippen LogP contribution in [0.1, 0.15) is 6.42 Å². The van der Waals surface area contributed by atoms with E-state index >= 15 is 0 Å². The molecule has 1 N–H and O–H groups in total. The maximum atomic E-state index is 12.2. The predicted octanol–water partition coefficient (Wildman–Crippen LogP) is 2.90. The predicted molar refractivity (Wildman–Crippen MR) is 109 cm³/mol. The van der Waals surface area contributed by atoms with Crippen molar-refractivity contribution in [1.29, 1.82) is 0 Å². The fourth-order valence-corrected chi connectivity index (χ4v) is 3.19. The summed E-state index contributed by atoms with van der Waals surface area (Å²) in [5, 5.41) is 2.99. The molecule has 2 aromatic rings. The lowest BCUT2D eigenvalue weighted by Crippen LogP contribution is -2.47. The number of carbonyl (C=O) groups is 1. The quantitative estimate of drug-likeness (QED) is 0.868. The van der Waals surface area contributed by atoms with Crippen LogP contribution in [-0.2, 0) is 4.79 Å². The molecule has 1 heterocycles. The number of hydrogen-bond acceptors (Lipinski definition) is 4. The van der Waals surface area contributed by atoms with Gasteiger partial charge in [-0.15, -0.1) is 0 Å². The summed E-state index contributed by atoms with van der Waals surface area (Å²) >= 11 is 0. The lowest BCUT2D eigenvalue weighted by Gasteiger charge is -2.36. The second-order valence-electron chi connectivity index (χ2n) is 6.90. The average molecular weight is 352 g/mol. The third-order valence-electron chi connectivity index (χ3n) is 4.82. The van der Waals surface area contributed by atoms with E-state index in [-0.39, 0.29) is 5.91 Å². The Morgan fingerprint density at radius 2 is 1.62 bits per heavy atom. The number of benzene rings is 2. The summed E-state index contributed by atoms with van der Waals surface area (Å²) in [6.07, 6.45) is 0.529. The van der Waals surface area contributed by atoms with Crippen LogP contribution in [0.5, 0.6) is 0 Å². The van der Waals surface area contributed by atoms with Crippen molar-refractivity contribution >= 4 is 23.0 Å². The molecule has 0 saturated carbocycles. The topological polar surface area (TPSA) is 38.8 Å². The van der Waals surface area contributed by atoms with Gasteiger partial charge in [0.2, 0.25) is 5.91 Å². The van der Waals surface area contributed by atoms with Crippen molar-refractivity contribution in [2.45, 2.75) is 6.42 Å². The standard InChI is InChI=1S/C21H28N4O/c1-23(2)19-10-8-18(9-11-19)22-21(26)12-13-24-14-16-25(17-15-24)20-6-4-3-5-7-20/h3-11H,12-17H2,1-2H3,(H,22,26). The summed E-state index contributed by atoms with van der Waals surface area (Å²) < 4.78 is 0. The highest BCUT2D eigenvalue weighted by Gasteiger charge is 2.17. The molecule has 0 unspecified atom stereocenters. The molecule has 1 aliphatic heterocycles. The summed E-state index contributed by atoms with van der Waals surface area (Å²) in [6.45, 7) is 4.83. The van der Waals surface area contributed by atoms with E-state index in [1.807, 2.05) is 49.3 Å². The molecule has 5 heteroatoms. The van der Waals surface area contributed by atoms with Gasteiger partial charge in [-0.2, -0.15) is 0 Å². The van der Waals surface area contributed by atoms with Crippen molar-refractivity contribution in [2.75, 3.05) is 61.9 Å². The highest BCUT2D eigenvalue weighted by molar-refractivity contribution is 5.91. The molecular weight excluding hydrogens is 324 g/mol. The molecular formula is C21H28N4O. The number of rotatable bonds is 6. The summed E-state index contributed by atoms with van der Waals surface area (Å²) in [5.74, 6) is 0.0769. The van der Waals surface area contributed by atoms with Gasteiger partial charge in [-0.05, 0) is 36.4 Å². The van der Waals surface area contributed by atoms with E-state index in [1.54, 1.807) is 0 Å². The molecule has 2 aromatic carbocycles. The van der Waals surface area contributed by atoms with E-state index in [0.29, 0.717) is 6.42 Å². The van der Waals surface area contributed by atoms with Crippen molar-refractivity contribution < 1.29 is 4.79 Å². The van der Waals surface area contributed by atoms with Crippen LogP contribution in [0.25, 0.3) is 0 Å². The Morgan fingerprint density at radius 1 is 0.962 bits per heavy atom. The van der Waals surface area contributed by atoms with E-state index in [1.165, 1.54) is 5.69 Å². The molecule has 3 rings (SSSR count). The van der Waals surface area contributed by atoms with Crippen LogP contribution in [0.3, 0.4) is 0 Å². The smallest absolute Gasteiger partial charge is 0.225 e. The first-order valence-corrected chi connectivity index (χ1v) is 9.21. The molecule has 0 spiro atoms. The highest BCUT2D eigenvalue weighted by Crippen LogP contribution is 2.17. The van der Waals surface area contributed by atoms with Crippen molar-refractivity contribution in [3.63, 3.8) is 0 Å². The molecule has 0 aromatic heterocycles. The summed E-state index contributed by atoms with van der Waals surface area (Å²) in [6, 6.07) is 18.4. The van der Waals surface area contributed by atoms with Gasteiger partial charge in [0, 0.05) is 70.3 Å². The number of hydrogen-bond donors (Lipinski definition) is 1. The normalized spacial score (nSPS) is 14.9. The van der Waals surface area contributed by atoms with Crippen molar-refractivity contribution in [3.05, 3.63) is 54.6 Å². The molecule has 1 fully saturated rings. The lowest BCUT2D eigenvalue weighted by atomic mass is 10.2. The maximum Gasteiger partial charge on any atom is 0.225 e. The number of nitrogens with one attached hydrogen (secondary N) is 1. The Morgan fingerprint density at radius 3 is 2.23 bits per heavy atom. The second kappa shape index (κ2) is 8.72. The third kappa shape index (κ3) is 4.99. The monoisotopic (exact) mass is 352 g/mol. The van der Waals surface area contributed by atoms with Gasteiger partial charge in [0.1, 0.15) is 0 Å². The minimum Gasteiger partial charge on any atom is -0.378 e. The van der Waals surface area contributed by atoms with E-state index in [9.17, 15) is 4.79 Å². The van der Waals surface area contributed by atoms with E-state index < -0.39 is 0 Å². The molecule has 0 aliphatic carbocycles. The fraction of sp³-hybridized carbons (Fsp3) is 0.381. The minimum atomic E-state index is 0.0769. The van der Waals surface area contributed by atoms with Gasteiger partial charge in [0.15, 0.2) is 0 Å². The van der Waals surface area contributed by atoms with Crippen LogP contribution in [0.4, 0.5) is 17.1 Å². The van der Waals surface area contributed by atoms with Crippen LogP contribution in [0.15, 0.2) is 54.6 Å². The Balaban J connectivity index is 1.40. The lowest BCUT2D eigenvalue weighted by molar-refractivity contribution is -0.116. The zero-order valence-corrected chi connectivity index (χ0v) is 15.7. The van der Waals surface area contributed by atoms with Gasteiger partial charge in [-0.25, -0.2) is 0 Å². The molecule has 0 atom stereocenters. The van der Waals surface area contributed by atoms with Crippen molar-refractivity contribution in [2.24, 2.45) is 0 Å². The molecule has 0 radical (unpaired) electrons. The molecule has 26 heavy (non-hydrogen) atoms. The van der Waals surface area contributed by atoms with Gasteiger partial charge < -0.3 is 15.1 Å². The maximum absolute atomic E-state index is 12.2. The van der Waals surface area contributed by atoms with E-state index in [4.69, 9.17) is 0 Å². The zero-order chi connectivity index (χ0) is 18.4. The van der Waals surface area contributed by atoms with Crippen LogP contribution in [-0.4, -0.2) is 57.6 Å². The highest BCUT2D eigenvalue weighted by atomic mass is 16.1. The molecule has 138 valence electrons. The zero-order valence-electron chi connectivity index (χ0n) is 15.7. The molecule has 1 amide bonds. The Kier molecular flexibility index (Phi) is 6.12. The average Bonchev–Trinajstić information content (AvgIpc) is 2.68. The van der Waals surface area contributed by atoms with Gasteiger partial charge in [0.05, 0.1) is 0 Å². The third-order valence-corrected chi connectivity index (χ3v) is 4.82. The van der Waals surface area contributed by atoms with E-state index in [2.05, 4.69) is 39.4 Å². The first kappa shape index (κ1) is 18.3. The van der Waals surface area contributed by atoms with Gasteiger partial charge in [-0.1, -0.05) is 18.2 Å².